The molecule has 2 aliphatic carbocycles. The van der Waals surface area contributed by atoms with Gasteiger partial charge in [-0.1, -0.05) is 24.3 Å². The Labute approximate surface area is 89.6 Å². The summed E-state index contributed by atoms with van der Waals surface area (Å²) in [7, 11) is 0. The number of hydrogen-bond donors (Lipinski definition) is 2. The molecule has 2 heteroatoms. The second-order valence-corrected chi connectivity index (χ2v) is 4.77. The number of fused-ring (bicyclic) bond motifs is 5. The van der Waals surface area contributed by atoms with Gasteiger partial charge in [0.1, 0.15) is 0 Å². The maximum absolute atomic E-state index is 9.40. The largest absolute Gasteiger partial charge is 0.396 e. The third kappa shape index (κ3) is 1.12. The minimum atomic E-state index is 0.209. The lowest BCUT2D eigenvalue weighted by Crippen LogP contribution is -2.27. The smallest absolute Gasteiger partial charge is 0.0468 e. The molecular formula is C13H16O2. The highest BCUT2D eigenvalue weighted by Gasteiger charge is 2.49. The lowest BCUT2D eigenvalue weighted by Gasteiger charge is -2.30. The lowest BCUT2D eigenvalue weighted by atomic mass is 9.76. The molecule has 2 N–H and O–H groups in total. The molecule has 0 aromatic heterocycles. The first-order valence-corrected chi connectivity index (χ1v) is 5.67. The fraction of sp³-hybridized carbons (Fsp3) is 0.538. The number of aliphatic hydroxyl groups excluding tert-OH is 2. The monoisotopic (exact) mass is 204 g/mol. The van der Waals surface area contributed by atoms with Crippen molar-refractivity contribution in [2.24, 2.45) is 11.8 Å². The molecule has 4 atom stereocenters. The topological polar surface area (TPSA) is 40.5 Å². The van der Waals surface area contributed by atoms with Crippen molar-refractivity contribution in [1.82, 2.24) is 0 Å². The number of aliphatic hydroxyl groups is 2. The molecule has 0 amide bonds. The molecular weight excluding hydrogens is 188 g/mol. The van der Waals surface area contributed by atoms with Crippen LogP contribution in [0.3, 0.4) is 0 Å². The summed E-state index contributed by atoms with van der Waals surface area (Å²) in [5.74, 6) is 1.51. The van der Waals surface area contributed by atoms with Gasteiger partial charge in [0, 0.05) is 13.2 Å². The van der Waals surface area contributed by atoms with E-state index in [1.807, 2.05) is 0 Å². The van der Waals surface area contributed by atoms with Crippen LogP contribution in [0.1, 0.15) is 29.4 Å². The van der Waals surface area contributed by atoms with E-state index in [2.05, 4.69) is 24.3 Å². The van der Waals surface area contributed by atoms with Crippen molar-refractivity contribution < 1.29 is 10.2 Å². The van der Waals surface area contributed by atoms with Gasteiger partial charge in [0.05, 0.1) is 0 Å². The Morgan fingerprint density at radius 2 is 1.40 bits per heavy atom. The standard InChI is InChI=1S/C13H16O2/c14-6-12-10-5-11(13(12)7-15)9-4-2-1-3-8(9)10/h1-4,10-15H,5-7H2/t10-,11+,12-,13+. The van der Waals surface area contributed by atoms with Crippen molar-refractivity contribution in [1.29, 1.82) is 0 Å². The quantitative estimate of drug-likeness (QED) is 0.766. The molecule has 2 bridgehead atoms. The first-order chi connectivity index (χ1) is 7.36. The molecule has 1 aromatic rings. The van der Waals surface area contributed by atoms with Crippen LogP contribution >= 0.6 is 0 Å². The van der Waals surface area contributed by atoms with Crippen molar-refractivity contribution in [2.45, 2.75) is 18.3 Å². The zero-order valence-corrected chi connectivity index (χ0v) is 8.63. The maximum Gasteiger partial charge on any atom is 0.0468 e. The van der Waals surface area contributed by atoms with Gasteiger partial charge < -0.3 is 10.2 Å². The molecule has 0 radical (unpaired) electrons. The van der Waals surface area contributed by atoms with E-state index < -0.39 is 0 Å². The molecule has 0 unspecified atom stereocenters. The van der Waals surface area contributed by atoms with E-state index in [1.165, 1.54) is 11.1 Å². The normalized spacial score (nSPS) is 36.9. The molecule has 3 rings (SSSR count). The second-order valence-electron chi connectivity index (χ2n) is 4.77. The van der Waals surface area contributed by atoms with Crippen LogP contribution < -0.4 is 0 Å². The van der Waals surface area contributed by atoms with Crippen molar-refractivity contribution in [3.05, 3.63) is 35.4 Å². The molecule has 15 heavy (non-hydrogen) atoms. The van der Waals surface area contributed by atoms with E-state index in [1.54, 1.807) is 0 Å². The highest BCUT2D eigenvalue weighted by Crippen LogP contribution is 2.58. The molecule has 1 aromatic carbocycles. The van der Waals surface area contributed by atoms with Gasteiger partial charge in [0.25, 0.3) is 0 Å². The summed E-state index contributed by atoms with van der Waals surface area (Å²) in [6, 6.07) is 8.50. The van der Waals surface area contributed by atoms with Crippen LogP contribution in [0.15, 0.2) is 24.3 Å². The highest BCUT2D eigenvalue weighted by atomic mass is 16.3. The Morgan fingerprint density at radius 1 is 0.933 bits per heavy atom. The van der Waals surface area contributed by atoms with Gasteiger partial charge in [-0.2, -0.15) is 0 Å². The molecule has 0 heterocycles. The summed E-state index contributed by atoms with van der Waals surface area (Å²) in [6.45, 7) is 0.418. The summed E-state index contributed by atoms with van der Waals surface area (Å²) >= 11 is 0. The molecule has 0 spiro atoms. The molecule has 1 fully saturated rings. The Balaban J connectivity index is 2.05. The first kappa shape index (κ1) is 9.37. The minimum absolute atomic E-state index is 0.209. The van der Waals surface area contributed by atoms with Gasteiger partial charge in [0.2, 0.25) is 0 Å². The second kappa shape index (κ2) is 3.32. The zero-order chi connectivity index (χ0) is 10.4. The van der Waals surface area contributed by atoms with Crippen molar-refractivity contribution in [3.63, 3.8) is 0 Å². The van der Waals surface area contributed by atoms with E-state index in [9.17, 15) is 10.2 Å². The van der Waals surface area contributed by atoms with Crippen molar-refractivity contribution >= 4 is 0 Å². The van der Waals surface area contributed by atoms with Crippen LogP contribution in [0.5, 0.6) is 0 Å². The van der Waals surface area contributed by atoms with E-state index in [4.69, 9.17) is 0 Å². The zero-order valence-electron chi connectivity index (χ0n) is 8.63. The Kier molecular flexibility index (Phi) is 2.08. The molecule has 2 aliphatic rings. The van der Waals surface area contributed by atoms with Gasteiger partial charge in [-0.05, 0) is 41.2 Å². The number of hydrogen-bond acceptors (Lipinski definition) is 2. The minimum Gasteiger partial charge on any atom is -0.396 e. The number of rotatable bonds is 2. The highest BCUT2D eigenvalue weighted by molar-refractivity contribution is 5.43. The van der Waals surface area contributed by atoms with Gasteiger partial charge in [-0.15, -0.1) is 0 Å². The third-order valence-electron chi connectivity index (χ3n) is 4.31. The summed E-state index contributed by atoms with van der Waals surface area (Å²) < 4.78 is 0. The van der Waals surface area contributed by atoms with Crippen molar-refractivity contribution in [3.8, 4) is 0 Å². The molecule has 0 saturated heterocycles. The SMILES string of the molecule is OC[C@@H]1[C@H](CO)[C@@H]2C[C@H]1c1ccccc12. The number of benzene rings is 1. The third-order valence-corrected chi connectivity index (χ3v) is 4.31. The maximum atomic E-state index is 9.40. The Morgan fingerprint density at radius 3 is 1.80 bits per heavy atom. The van der Waals surface area contributed by atoms with Crippen LogP contribution in [-0.4, -0.2) is 23.4 Å². The van der Waals surface area contributed by atoms with Crippen molar-refractivity contribution in [2.75, 3.05) is 13.2 Å². The van der Waals surface area contributed by atoms with Crippen LogP contribution in [-0.2, 0) is 0 Å². The Hall–Kier alpha value is -0.860. The first-order valence-electron chi connectivity index (χ1n) is 5.67. The summed E-state index contributed by atoms with van der Waals surface area (Å²) in [4.78, 5) is 0. The van der Waals surface area contributed by atoms with Crippen LogP contribution in [0.4, 0.5) is 0 Å². The fourth-order valence-electron chi connectivity index (χ4n) is 3.65. The van der Waals surface area contributed by atoms with Gasteiger partial charge >= 0.3 is 0 Å². The molecule has 0 aliphatic heterocycles. The van der Waals surface area contributed by atoms with Crippen LogP contribution in [0, 0.1) is 11.8 Å². The average Bonchev–Trinajstić information content (AvgIpc) is 2.84. The predicted molar refractivity (Wildman–Crippen MR) is 57.7 cm³/mol. The van der Waals surface area contributed by atoms with Gasteiger partial charge in [0.15, 0.2) is 0 Å². The van der Waals surface area contributed by atoms with E-state index in [0.29, 0.717) is 11.8 Å². The summed E-state index contributed by atoms with van der Waals surface area (Å²) in [6.07, 6.45) is 1.12. The van der Waals surface area contributed by atoms with E-state index in [-0.39, 0.29) is 25.0 Å². The van der Waals surface area contributed by atoms with E-state index in [0.717, 1.165) is 6.42 Å². The van der Waals surface area contributed by atoms with Gasteiger partial charge in [-0.3, -0.25) is 0 Å². The van der Waals surface area contributed by atoms with Gasteiger partial charge in [-0.25, -0.2) is 0 Å². The van der Waals surface area contributed by atoms with Crippen LogP contribution in [0.2, 0.25) is 0 Å². The molecule has 2 nitrogen and oxygen atoms in total. The molecule has 80 valence electrons. The summed E-state index contributed by atoms with van der Waals surface area (Å²) in [5, 5.41) is 18.8. The van der Waals surface area contributed by atoms with Crippen LogP contribution in [0.25, 0.3) is 0 Å². The Bertz CT molecular complexity index is 340. The fourth-order valence-corrected chi connectivity index (χ4v) is 3.65. The summed E-state index contributed by atoms with van der Waals surface area (Å²) in [5.41, 5.74) is 2.82. The molecule has 1 saturated carbocycles. The lowest BCUT2D eigenvalue weighted by molar-refractivity contribution is 0.120. The average molecular weight is 204 g/mol. The predicted octanol–water partition coefficient (Wildman–Crippen LogP) is 1.49. The van der Waals surface area contributed by atoms with E-state index >= 15 is 0 Å².